The van der Waals surface area contributed by atoms with E-state index in [4.69, 9.17) is 14.7 Å². The third-order valence-corrected chi connectivity index (χ3v) is 12.0. The van der Waals surface area contributed by atoms with Crippen molar-refractivity contribution in [2.24, 2.45) is 7.05 Å². The summed E-state index contributed by atoms with van der Waals surface area (Å²) in [5.74, 6) is 1.37. The number of imidazole rings is 3. The molecule has 3 aromatic carbocycles. The number of aryl methyl sites for hydroxylation is 1. The Morgan fingerprint density at radius 2 is 1.28 bits per heavy atom. The number of benzene rings is 3. The molecule has 14 nitrogen and oxygen atoms in total. The molecule has 0 spiro atoms. The molecule has 2 aliphatic heterocycles. The average molecular weight is 823 g/mol. The number of ether oxygens (including phenoxy) is 1. The summed E-state index contributed by atoms with van der Waals surface area (Å²) in [6, 6.07) is 26.1. The second-order valence-corrected chi connectivity index (χ2v) is 15.8. The number of likely N-dealkylation sites (N-methyl/N-ethyl adjacent to an activating group) is 1. The van der Waals surface area contributed by atoms with Gasteiger partial charge in [-0.15, -0.1) is 0 Å². The van der Waals surface area contributed by atoms with Crippen LogP contribution in [0.15, 0.2) is 104 Å². The van der Waals surface area contributed by atoms with Gasteiger partial charge in [0.15, 0.2) is 6.10 Å². The lowest BCUT2D eigenvalue weighted by atomic mass is 10.0. The quantitative estimate of drug-likeness (QED) is 0.104. The number of H-pyrrole nitrogens is 2. The van der Waals surface area contributed by atoms with Crippen molar-refractivity contribution in [1.29, 1.82) is 0 Å². The molecule has 3 aromatic heterocycles. The molecular weight excluding hydrogens is 769 g/mol. The fourth-order valence-corrected chi connectivity index (χ4v) is 8.82. The van der Waals surface area contributed by atoms with Crippen LogP contribution in [0.5, 0.6) is 0 Å². The van der Waals surface area contributed by atoms with Crippen molar-refractivity contribution >= 4 is 17.9 Å². The standard InChI is InChI=1S/C47H54N10O4/c1-5-55(6-2)42(35-12-8-7-9-13-35)46(59)57-25-11-15-40(57)44-50-28-38(53-44)34-22-18-32(19-23-34)31-16-20-33(21-17-31)37-27-49-43(52-37)39-14-10-24-56(39)45(58)41(61-47(60)48-3)26-36-29-54(4)30-51-36/h7-9,12-13,16-23,27-30,39-42H,5-6,10-11,14-15,24-26H2,1-4H3,(H,48,60)(H,49,52)(H,50,53)/t39-,40-,41-,42+/m0/s1. The number of likely N-dealkylation sites (tertiary alicyclic amines) is 2. The van der Waals surface area contributed by atoms with Crippen LogP contribution < -0.4 is 5.32 Å². The first kappa shape index (κ1) is 41.2. The fraction of sp³-hybridized carbons (Fsp3) is 0.362. The van der Waals surface area contributed by atoms with Gasteiger partial charge in [-0.2, -0.15) is 0 Å². The monoisotopic (exact) mass is 822 g/mol. The van der Waals surface area contributed by atoms with E-state index < -0.39 is 12.2 Å². The lowest BCUT2D eigenvalue weighted by Gasteiger charge is -2.34. The van der Waals surface area contributed by atoms with Crippen LogP contribution >= 0.6 is 0 Å². The number of alkyl carbamates (subject to hydrolysis) is 1. The van der Waals surface area contributed by atoms with Gasteiger partial charge in [-0.05, 0) is 66.6 Å². The van der Waals surface area contributed by atoms with Gasteiger partial charge in [-0.25, -0.2) is 19.7 Å². The third kappa shape index (κ3) is 8.85. The second-order valence-electron chi connectivity index (χ2n) is 15.8. The normalized spacial score (nSPS) is 17.5. The van der Waals surface area contributed by atoms with Crippen molar-refractivity contribution in [3.63, 3.8) is 0 Å². The van der Waals surface area contributed by atoms with Crippen LogP contribution in [0.25, 0.3) is 33.6 Å². The molecule has 2 saturated heterocycles. The Morgan fingerprint density at radius 1 is 0.754 bits per heavy atom. The van der Waals surface area contributed by atoms with E-state index in [0.717, 1.165) is 83.8 Å². The summed E-state index contributed by atoms with van der Waals surface area (Å²) in [5, 5.41) is 2.45. The van der Waals surface area contributed by atoms with Gasteiger partial charge < -0.3 is 34.4 Å². The van der Waals surface area contributed by atoms with Crippen LogP contribution in [0.3, 0.4) is 0 Å². The third-order valence-electron chi connectivity index (χ3n) is 12.0. The van der Waals surface area contributed by atoms with E-state index in [1.165, 1.54) is 7.05 Å². The summed E-state index contributed by atoms with van der Waals surface area (Å²) in [7, 11) is 3.32. The number of hydrogen-bond acceptors (Lipinski definition) is 8. The molecule has 5 heterocycles. The van der Waals surface area contributed by atoms with Crippen LogP contribution in [0.4, 0.5) is 4.79 Å². The zero-order chi connectivity index (χ0) is 42.5. The number of carbonyl (C=O) groups is 3. The molecule has 3 N–H and O–H groups in total. The Hall–Kier alpha value is -6.54. The largest absolute Gasteiger partial charge is 0.436 e. The van der Waals surface area contributed by atoms with Crippen molar-refractivity contribution in [1.82, 2.24) is 49.5 Å². The molecule has 3 amide bonds. The minimum Gasteiger partial charge on any atom is -0.436 e. The number of nitrogens with one attached hydrogen (secondary N) is 3. The molecule has 0 aliphatic carbocycles. The first-order valence-electron chi connectivity index (χ1n) is 21.3. The molecule has 8 rings (SSSR count). The van der Waals surface area contributed by atoms with Crippen molar-refractivity contribution < 1.29 is 19.1 Å². The molecule has 14 heteroatoms. The maximum Gasteiger partial charge on any atom is 0.407 e. The van der Waals surface area contributed by atoms with Gasteiger partial charge in [0, 0.05) is 39.8 Å². The van der Waals surface area contributed by atoms with E-state index in [1.54, 1.807) is 22.0 Å². The topological polar surface area (TPSA) is 157 Å². The fourth-order valence-electron chi connectivity index (χ4n) is 8.82. The highest BCUT2D eigenvalue weighted by atomic mass is 16.6. The summed E-state index contributed by atoms with van der Waals surface area (Å²) in [6.07, 6.45) is 9.01. The Morgan fingerprint density at radius 3 is 1.77 bits per heavy atom. The smallest absolute Gasteiger partial charge is 0.407 e. The number of rotatable bonds is 14. The summed E-state index contributed by atoms with van der Waals surface area (Å²) < 4.78 is 7.34. The van der Waals surface area contributed by atoms with Gasteiger partial charge in [-0.3, -0.25) is 14.5 Å². The molecule has 61 heavy (non-hydrogen) atoms. The van der Waals surface area contributed by atoms with Crippen LogP contribution in [0, 0.1) is 0 Å². The summed E-state index contributed by atoms with van der Waals surface area (Å²) in [5.41, 5.74) is 7.60. The van der Waals surface area contributed by atoms with E-state index in [-0.39, 0.29) is 36.4 Å². The highest BCUT2D eigenvalue weighted by Gasteiger charge is 2.39. The molecule has 0 unspecified atom stereocenters. The molecular formula is C47H54N10O4. The summed E-state index contributed by atoms with van der Waals surface area (Å²) in [4.78, 5) is 67.2. The van der Waals surface area contributed by atoms with Gasteiger partial charge in [0.2, 0.25) is 5.91 Å². The minimum atomic E-state index is -1.01. The molecule has 2 aliphatic rings. The van der Waals surface area contributed by atoms with Gasteiger partial charge in [0.1, 0.15) is 17.7 Å². The van der Waals surface area contributed by atoms with E-state index in [9.17, 15) is 14.4 Å². The average Bonchev–Trinajstić information content (AvgIpc) is 4.16. The molecule has 4 atom stereocenters. The maximum atomic E-state index is 14.2. The van der Waals surface area contributed by atoms with Gasteiger partial charge in [0.05, 0.1) is 47.9 Å². The maximum absolute atomic E-state index is 14.2. The number of carbonyl (C=O) groups excluding carboxylic acids is 3. The predicted molar refractivity (Wildman–Crippen MR) is 233 cm³/mol. The van der Waals surface area contributed by atoms with Crippen LogP contribution in [-0.4, -0.2) is 101 Å². The van der Waals surface area contributed by atoms with Crippen molar-refractivity contribution in [2.75, 3.05) is 33.2 Å². The molecule has 0 bridgehead atoms. The van der Waals surface area contributed by atoms with Crippen molar-refractivity contribution in [3.8, 4) is 33.6 Å². The first-order chi connectivity index (χ1) is 29.7. The number of amides is 3. The Kier molecular flexibility index (Phi) is 12.4. The van der Waals surface area contributed by atoms with Gasteiger partial charge >= 0.3 is 6.09 Å². The predicted octanol–water partition coefficient (Wildman–Crippen LogP) is 7.24. The van der Waals surface area contributed by atoms with Gasteiger partial charge in [0.25, 0.3) is 5.91 Å². The van der Waals surface area contributed by atoms with Crippen molar-refractivity contribution in [2.45, 2.75) is 70.2 Å². The zero-order valence-corrected chi connectivity index (χ0v) is 35.3. The summed E-state index contributed by atoms with van der Waals surface area (Å²) in [6.45, 7) is 7.05. The zero-order valence-electron chi connectivity index (χ0n) is 35.3. The number of nitrogens with zero attached hydrogens (tertiary/aromatic N) is 7. The Bertz CT molecular complexity index is 2420. The lowest BCUT2D eigenvalue weighted by Crippen LogP contribution is -2.43. The number of hydrogen-bond donors (Lipinski definition) is 3. The molecule has 0 radical (unpaired) electrons. The highest BCUT2D eigenvalue weighted by Crippen LogP contribution is 2.37. The summed E-state index contributed by atoms with van der Waals surface area (Å²) >= 11 is 0. The van der Waals surface area contributed by atoms with E-state index >= 15 is 0 Å². The lowest BCUT2D eigenvalue weighted by molar-refractivity contribution is -0.141. The van der Waals surface area contributed by atoms with Crippen LogP contribution in [0.2, 0.25) is 0 Å². The number of aromatic nitrogens is 6. The Labute approximate surface area is 356 Å². The van der Waals surface area contributed by atoms with Crippen molar-refractivity contribution in [3.05, 3.63) is 127 Å². The molecule has 0 saturated carbocycles. The molecule has 6 aromatic rings. The van der Waals surface area contributed by atoms with E-state index in [0.29, 0.717) is 24.6 Å². The first-order valence-corrected chi connectivity index (χ1v) is 21.3. The second kappa shape index (κ2) is 18.4. The van der Waals surface area contributed by atoms with Crippen LogP contribution in [0.1, 0.15) is 80.6 Å². The SMILES string of the molecule is CCN(CC)[C@@H](C(=O)N1CCC[C@H]1c1ncc(-c2ccc(-c3ccc(-c4cnc([C@@H]5CCCN5C(=O)[C@H](Cc5cn(C)cn5)OC(=O)NC)[nH]4)cc3)cc2)[nH]1)c1ccccc1. The Balaban J connectivity index is 0.924. The van der Waals surface area contributed by atoms with Gasteiger partial charge in [-0.1, -0.05) is 92.7 Å². The molecule has 316 valence electrons. The number of aromatic amines is 2. The highest BCUT2D eigenvalue weighted by molar-refractivity contribution is 5.85. The van der Waals surface area contributed by atoms with Crippen LogP contribution in [-0.2, 0) is 27.8 Å². The minimum absolute atomic E-state index is 0.101. The molecule has 2 fully saturated rings. The van der Waals surface area contributed by atoms with E-state index in [2.05, 4.69) is 99.7 Å². The van der Waals surface area contributed by atoms with E-state index in [1.807, 2.05) is 42.5 Å².